The molecule has 0 saturated carbocycles. The molecule has 1 aliphatic heterocycles. The van der Waals surface area contributed by atoms with Gasteiger partial charge in [-0.05, 0) is 24.1 Å². The molecule has 0 fully saturated rings. The van der Waals surface area contributed by atoms with Crippen molar-refractivity contribution in [1.29, 1.82) is 0 Å². The van der Waals surface area contributed by atoms with Crippen LogP contribution >= 0.6 is 0 Å². The summed E-state index contributed by atoms with van der Waals surface area (Å²) in [5.74, 6) is -0.656. The fourth-order valence-corrected chi connectivity index (χ4v) is 2.66. The molecule has 1 heterocycles. The number of rotatable bonds is 4. The third kappa shape index (κ3) is 2.34. The van der Waals surface area contributed by atoms with E-state index >= 15 is 0 Å². The van der Waals surface area contributed by atoms with E-state index in [9.17, 15) is 14.7 Å². The average molecular weight is 281 g/mol. The van der Waals surface area contributed by atoms with E-state index in [4.69, 9.17) is 0 Å². The molecule has 21 heavy (non-hydrogen) atoms. The van der Waals surface area contributed by atoms with Gasteiger partial charge in [0.15, 0.2) is 0 Å². The van der Waals surface area contributed by atoms with E-state index < -0.39 is 6.04 Å². The molecule has 2 aromatic carbocycles. The number of hydrogen-bond donors (Lipinski definition) is 1. The number of imide groups is 1. The van der Waals surface area contributed by atoms with E-state index in [1.807, 2.05) is 30.3 Å². The van der Waals surface area contributed by atoms with E-state index in [2.05, 4.69) is 0 Å². The van der Waals surface area contributed by atoms with Crippen molar-refractivity contribution in [3.05, 3.63) is 71.3 Å². The Morgan fingerprint density at radius 1 is 0.857 bits per heavy atom. The van der Waals surface area contributed by atoms with Crippen LogP contribution in [0, 0.1) is 0 Å². The van der Waals surface area contributed by atoms with E-state index in [0.29, 0.717) is 17.5 Å². The average Bonchev–Trinajstić information content (AvgIpc) is 2.78. The van der Waals surface area contributed by atoms with Crippen LogP contribution in [0.4, 0.5) is 0 Å². The van der Waals surface area contributed by atoms with E-state index in [1.54, 1.807) is 24.3 Å². The molecule has 0 saturated heterocycles. The Hall–Kier alpha value is -2.46. The van der Waals surface area contributed by atoms with Gasteiger partial charge in [-0.3, -0.25) is 14.5 Å². The van der Waals surface area contributed by atoms with Gasteiger partial charge in [0.1, 0.15) is 0 Å². The van der Waals surface area contributed by atoms with Crippen LogP contribution < -0.4 is 0 Å². The van der Waals surface area contributed by atoms with Crippen LogP contribution in [0.15, 0.2) is 54.6 Å². The highest BCUT2D eigenvalue weighted by Crippen LogP contribution is 2.25. The summed E-state index contributed by atoms with van der Waals surface area (Å²) in [6.45, 7) is -0.250. The molecule has 0 radical (unpaired) electrons. The van der Waals surface area contributed by atoms with Crippen LogP contribution in [0.25, 0.3) is 0 Å². The standard InChI is InChI=1S/C17H15NO3/c19-11-13(10-12-6-2-1-3-7-12)18-16(20)14-8-4-5-9-15(14)17(18)21/h1-9,13,19H,10-11H2/t13-/m0/s1. The smallest absolute Gasteiger partial charge is 0.261 e. The van der Waals surface area contributed by atoms with Gasteiger partial charge in [-0.2, -0.15) is 0 Å². The zero-order chi connectivity index (χ0) is 14.8. The van der Waals surface area contributed by atoms with Gasteiger partial charge in [0.25, 0.3) is 11.8 Å². The molecular formula is C17H15NO3. The Bertz CT molecular complexity index is 646. The van der Waals surface area contributed by atoms with Crippen molar-refractivity contribution in [2.75, 3.05) is 6.61 Å². The van der Waals surface area contributed by atoms with Crippen molar-refractivity contribution >= 4 is 11.8 Å². The predicted molar refractivity (Wildman–Crippen MR) is 78.0 cm³/mol. The highest BCUT2D eigenvalue weighted by atomic mass is 16.3. The lowest BCUT2D eigenvalue weighted by molar-refractivity contribution is 0.0516. The summed E-state index contributed by atoms with van der Waals surface area (Å²) in [5.41, 5.74) is 1.80. The molecule has 1 N–H and O–H groups in total. The second-order valence-electron chi connectivity index (χ2n) is 5.05. The maximum absolute atomic E-state index is 12.4. The van der Waals surface area contributed by atoms with Crippen molar-refractivity contribution in [2.45, 2.75) is 12.5 Å². The van der Waals surface area contributed by atoms with Gasteiger partial charge < -0.3 is 5.11 Å². The van der Waals surface area contributed by atoms with Crippen LogP contribution in [0.2, 0.25) is 0 Å². The first-order valence-corrected chi connectivity index (χ1v) is 6.84. The molecule has 3 rings (SSSR count). The normalized spacial score (nSPS) is 15.2. The lowest BCUT2D eigenvalue weighted by atomic mass is 10.1. The summed E-state index contributed by atoms with van der Waals surface area (Å²) in [6, 6.07) is 15.7. The summed E-state index contributed by atoms with van der Waals surface area (Å²) in [7, 11) is 0. The van der Waals surface area contributed by atoms with Gasteiger partial charge >= 0.3 is 0 Å². The van der Waals surface area contributed by atoms with Crippen LogP contribution in [0.3, 0.4) is 0 Å². The Morgan fingerprint density at radius 3 is 1.90 bits per heavy atom. The molecule has 106 valence electrons. The molecule has 2 aromatic rings. The van der Waals surface area contributed by atoms with Gasteiger partial charge in [-0.1, -0.05) is 42.5 Å². The fourth-order valence-electron chi connectivity index (χ4n) is 2.66. The predicted octanol–water partition coefficient (Wildman–Crippen LogP) is 1.89. The topological polar surface area (TPSA) is 57.6 Å². The lowest BCUT2D eigenvalue weighted by Crippen LogP contribution is -2.43. The number of benzene rings is 2. The van der Waals surface area contributed by atoms with E-state index in [0.717, 1.165) is 5.56 Å². The minimum atomic E-state index is -0.542. The Morgan fingerprint density at radius 2 is 1.38 bits per heavy atom. The van der Waals surface area contributed by atoms with Crippen LogP contribution in [-0.2, 0) is 6.42 Å². The zero-order valence-corrected chi connectivity index (χ0v) is 11.4. The highest BCUT2D eigenvalue weighted by Gasteiger charge is 2.39. The van der Waals surface area contributed by atoms with Crippen molar-refractivity contribution < 1.29 is 14.7 Å². The first-order chi connectivity index (χ1) is 10.2. The third-order valence-corrected chi connectivity index (χ3v) is 3.72. The van der Waals surface area contributed by atoms with Crippen LogP contribution in [0.1, 0.15) is 26.3 Å². The molecule has 0 aromatic heterocycles. The third-order valence-electron chi connectivity index (χ3n) is 3.72. The van der Waals surface area contributed by atoms with Gasteiger partial charge in [0, 0.05) is 0 Å². The molecule has 0 spiro atoms. The summed E-state index contributed by atoms with van der Waals surface area (Å²) in [4.78, 5) is 26.0. The maximum atomic E-state index is 12.4. The fraction of sp³-hybridized carbons (Fsp3) is 0.176. The van der Waals surface area contributed by atoms with E-state index in [1.165, 1.54) is 4.90 Å². The monoisotopic (exact) mass is 281 g/mol. The lowest BCUT2D eigenvalue weighted by Gasteiger charge is -2.24. The highest BCUT2D eigenvalue weighted by molar-refractivity contribution is 6.21. The van der Waals surface area contributed by atoms with E-state index in [-0.39, 0.29) is 18.4 Å². The van der Waals surface area contributed by atoms with Crippen molar-refractivity contribution in [3.8, 4) is 0 Å². The SMILES string of the molecule is O=C1c2ccccc2C(=O)N1[C@H](CO)Cc1ccccc1. The molecule has 0 aliphatic carbocycles. The van der Waals surface area contributed by atoms with Gasteiger partial charge in [0.05, 0.1) is 23.8 Å². The van der Waals surface area contributed by atoms with Crippen LogP contribution in [-0.4, -0.2) is 34.5 Å². The zero-order valence-electron chi connectivity index (χ0n) is 11.4. The summed E-state index contributed by atoms with van der Waals surface area (Å²) in [5, 5.41) is 9.62. The van der Waals surface area contributed by atoms with Crippen molar-refractivity contribution in [3.63, 3.8) is 0 Å². The number of amides is 2. The largest absolute Gasteiger partial charge is 0.394 e. The summed E-state index contributed by atoms with van der Waals surface area (Å²) < 4.78 is 0. The number of carbonyl (C=O) groups excluding carboxylic acids is 2. The number of carbonyl (C=O) groups is 2. The van der Waals surface area contributed by atoms with Crippen molar-refractivity contribution in [1.82, 2.24) is 4.90 Å². The van der Waals surface area contributed by atoms with Crippen molar-refractivity contribution in [2.24, 2.45) is 0 Å². The van der Waals surface area contributed by atoms with Gasteiger partial charge in [-0.15, -0.1) is 0 Å². The Kier molecular flexibility index (Phi) is 3.54. The number of aliphatic hydroxyl groups excluding tert-OH is 1. The van der Waals surface area contributed by atoms with Crippen LogP contribution in [0.5, 0.6) is 0 Å². The first kappa shape index (κ1) is 13.5. The minimum absolute atomic E-state index is 0.250. The van der Waals surface area contributed by atoms with Gasteiger partial charge in [-0.25, -0.2) is 0 Å². The molecule has 1 aliphatic rings. The number of fused-ring (bicyclic) bond motifs is 1. The molecular weight excluding hydrogens is 266 g/mol. The number of aliphatic hydroxyl groups is 1. The summed E-state index contributed by atoms with van der Waals surface area (Å²) in [6.07, 6.45) is 0.447. The molecule has 0 bridgehead atoms. The molecule has 2 amide bonds. The Balaban J connectivity index is 1.89. The molecule has 4 nitrogen and oxygen atoms in total. The number of hydrogen-bond acceptors (Lipinski definition) is 3. The quantitative estimate of drug-likeness (QED) is 0.871. The van der Waals surface area contributed by atoms with Gasteiger partial charge in [0.2, 0.25) is 0 Å². The second-order valence-corrected chi connectivity index (χ2v) is 5.05. The Labute approximate surface area is 122 Å². The number of nitrogens with zero attached hydrogens (tertiary/aromatic N) is 1. The minimum Gasteiger partial charge on any atom is -0.394 e. The molecule has 4 heteroatoms. The maximum Gasteiger partial charge on any atom is 0.261 e. The molecule has 0 unspecified atom stereocenters. The summed E-state index contributed by atoms with van der Waals surface area (Å²) >= 11 is 0. The second kappa shape index (κ2) is 5.50. The molecule has 1 atom stereocenters. The first-order valence-electron chi connectivity index (χ1n) is 6.84.